The molecule has 1 aliphatic rings. The molecular formula is C28H34N3O8S+. The Kier molecular flexibility index (Phi) is 12.0. The summed E-state index contributed by atoms with van der Waals surface area (Å²) in [6, 6.07) is 15.9. The van der Waals surface area contributed by atoms with Crippen LogP contribution in [0.1, 0.15) is 17.0 Å². The summed E-state index contributed by atoms with van der Waals surface area (Å²) in [5.41, 5.74) is 4.40. The first kappa shape index (κ1) is 30.6. The van der Waals surface area contributed by atoms with Crippen LogP contribution in [0.5, 0.6) is 0 Å². The van der Waals surface area contributed by atoms with Gasteiger partial charge in [0.2, 0.25) is 17.7 Å². The maximum Gasteiger partial charge on any atom is 0.332 e. The molecule has 11 nitrogen and oxygen atoms in total. The Hall–Kier alpha value is -3.90. The Bertz CT molecular complexity index is 1170. The molecule has 214 valence electrons. The van der Waals surface area contributed by atoms with Crippen LogP contribution in [0.3, 0.4) is 0 Å². The van der Waals surface area contributed by atoms with Crippen molar-refractivity contribution >= 4 is 40.6 Å². The summed E-state index contributed by atoms with van der Waals surface area (Å²) in [4.78, 5) is 59.4. The minimum absolute atomic E-state index is 0.0873. The second-order valence-corrected chi connectivity index (χ2v) is 11.5. The molecule has 0 heterocycles. The summed E-state index contributed by atoms with van der Waals surface area (Å²) in [6.07, 6.45) is 4.06. The van der Waals surface area contributed by atoms with Crippen LogP contribution in [0, 0.1) is 0 Å². The van der Waals surface area contributed by atoms with Gasteiger partial charge in [0.1, 0.15) is 38.7 Å². The molecule has 0 spiro atoms. The first-order valence-electron chi connectivity index (χ1n) is 12.7. The van der Waals surface area contributed by atoms with E-state index < -0.39 is 36.3 Å². The molecule has 2 aromatic carbocycles. The lowest BCUT2D eigenvalue weighted by molar-refractivity contribution is -0.149. The summed E-state index contributed by atoms with van der Waals surface area (Å²) in [5.74, 6) is -2.30. The molecule has 3 N–H and O–H groups in total. The fourth-order valence-electron chi connectivity index (χ4n) is 3.96. The molecule has 0 bridgehead atoms. The second-order valence-electron chi connectivity index (χ2n) is 9.14. The Morgan fingerprint density at radius 2 is 1.25 bits per heavy atom. The van der Waals surface area contributed by atoms with Crippen molar-refractivity contribution in [3.63, 3.8) is 0 Å². The Balaban J connectivity index is 1.26. The third-order valence-electron chi connectivity index (χ3n) is 5.90. The van der Waals surface area contributed by atoms with Crippen LogP contribution >= 0.6 is 0 Å². The fraction of sp³-hybridized carbons (Fsp3) is 0.393. The highest BCUT2D eigenvalue weighted by Crippen LogP contribution is 2.44. The molecule has 0 atom stereocenters. The molecule has 40 heavy (non-hydrogen) atoms. The molecule has 0 unspecified atom stereocenters. The Morgan fingerprint density at radius 3 is 1.85 bits per heavy atom. The normalized spacial score (nSPS) is 11.8. The lowest BCUT2D eigenvalue weighted by Crippen LogP contribution is -2.43. The molecule has 0 fully saturated rings. The predicted molar refractivity (Wildman–Crippen MR) is 150 cm³/mol. The van der Waals surface area contributed by atoms with Gasteiger partial charge in [-0.3, -0.25) is 19.2 Å². The monoisotopic (exact) mass is 572 g/mol. The highest BCUT2D eigenvalue weighted by molar-refractivity contribution is 7.95. The van der Waals surface area contributed by atoms with Crippen molar-refractivity contribution in [1.29, 1.82) is 0 Å². The van der Waals surface area contributed by atoms with Crippen LogP contribution in [0.15, 0.2) is 48.5 Å². The van der Waals surface area contributed by atoms with Crippen LogP contribution < -0.4 is 16.0 Å². The molecule has 0 saturated heterocycles. The van der Waals surface area contributed by atoms with Gasteiger partial charge in [-0.2, -0.15) is 0 Å². The number of ether oxygens (including phenoxy) is 3. The van der Waals surface area contributed by atoms with Gasteiger partial charge in [-0.15, -0.1) is 0 Å². The van der Waals surface area contributed by atoms with E-state index in [1.807, 2.05) is 61.0 Å². The van der Waals surface area contributed by atoms with Gasteiger partial charge in [-0.05, 0) is 33.1 Å². The molecule has 0 aliphatic heterocycles. The van der Waals surface area contributed by atoms with E-state index in [4.69, 9.17) is 14.2 Å². The topological polar surface area (TPSA) is 149 Å². The molecule has 1 aliphatic carbocycles. The van der Waals surface area contributed by atoms with Crippen molar-refractivity contribution in [3.8, 4) is 11.1 Å². The van der Waals surface area contributed by atoms with E-state index in [9.17, 15) is 24.0 Å². The number of carbonyl (C=O) groups excluding carboxylic acids is 5. The lowest BCUT2D eigenvalue weighted by Gasteiger charge is -2.14. The smallest absolute Gasteiger partial charge is 0.332 e. The van der Waals surface area contributed by atoms with Gasteiger partial charge in [0, 0.05) is 5.92 Å². The van der Waals surface area contributed by atoms with Gasteiger partial charge < -0.3 is 30.2 Å². The molecule has 2 aromatic rings. The molecule has 3 rings (SSSR count). The van der Waals surface area contributed by atoms with E-state index in [2.05, 4.69) is 16.0 Å². The van der Waals surface area contributed by atoms with Crippen molar-refractivity contribution in [1.82, 2.24) is 16.0 Å². The summed E-state index contributed by atoms with van der Waals surface area (Å²) < 4.78 is 15.4. The fourth-order valence-corrected chi connectivity index (χ4v) is 4.38. The minimum Gasteiger partial charge on any atom is -0.463 e. The predicted octanol–water partition coefficient (Wildman–Crippen LogP) is 0.128. The quantitative estimate of drug-likeness (QED) is 0.201. The van der Waals surface area contributed by atoms with Gasteiger partial charge in [-0.25, -0.2) is 4.79 Å². The zero-order chi connectivity index (χ0) is 28.9. The minimum atomic E-state index is -0.612. The van der Waals surface area contributed by atoms with Crippen LogP contribution in [0.2, 0.25) is 0 Å². The van der Waals surface area contributed by atoms with E-state index in [1.165, 1.54) is 0 Å². The number of nitrogens with one attached hydrogen (secondary N) is 3. The summed E-state index contributed by atoms with van der Waals surface area (Å²) >= 11 is 0. The second kappa shape index (κ2) is 15.6. The highest BCUT2D eigenvalue weighted by atomic mass is 32.2. The largest absolute Gasteiger partial charge is 0.463 e. The van der Waals surface area contributed by atoms with E-state index in [0.717, 1.165) is 28.0 Å². The molecule has 0 saturated carbocycles. The Labute approximate surface area is 235 Å². The standard InChI is InChI=1S/C28H33N3O8S/c1-40(2)12-11-38-28(36)18-37-17-26(34)30-14-24(32)29-13-25(33)31-15-27(35)39-16-23-21-9-5-3-7-19(21)20-8-4-6-10-22(20)23/h3-10,23H,11-18H2,1-2H3,(H2-,29,30,31,32,33,34)/p+1. The molecule has 0 radical (unpaired) electrons. The maximum atomic E-state index is 12.2. The summed E-state index contributed by atoms with van der Waals surface area (Å²) in [6.45, 7) is -1.47. The number of hydrogen-bond acceptors (Lipinski definition) is 8. The van der Waals surface area contributed by atoms with E-state index in [1.54, 1.807) is 0 Å². The zero-order valence-corrected chi connectivity index (χ0v) is 23.3. The van der Waals surface area contributed by atoms with Gasteiger partial charge in [0.05, 0.1) is 25.6 Å². The van der Waals surface area contributed by atoms with Crippen LogP contribution in [-0.4, -0.2) is 94.0 Å². The number of hydrogen-bond donors (Lipinski definition) is 3. The average molecular weight is 573 g/mol. The van der Waals surface area contributed by atoms with Gasteiger partial charge in [-0.1, -0.05) is 48.5 Å². The third kappa shape index (κ3) is 9.69. The number of carbonyl (C=O) groups is 5. The van der Waals surface area contributed by atoms with Crippen molar-refractivity contribution < 1.29 is 38.2 Å². The number of amides is 3. The highest BCUT2D eigenvalue weighted by Gasteiger charge is 2.29. The Morgan fingerprint density at radius 1 is 0.700 bits per heavy atom. The van der Waals surface area contributed by atoms with Crippen molar-refractivity contribution in [2.24, 2.45) is 0 Å². The number of benzene rings is 2. The summed E-state index contributed by atoms with van der Waals surface area (Å²) in [7, 11) is 0.160. The number of rotatable bonds is 15. The third-order valence-corrected chi connectivity index (χ3v) is 6.89. The van der Waals surface area contributed by atoms with E-state index >= 15 is 0 Å². The number of esters is 2. The first-order valence-corrected chi connectivity index (χ1v) is 14.9. The molecular weight excluding hydrogens is 538 g/mol. The van der Waals surface area contributed by atoms with Crippen LogP contribution in [0.4, 0.5) is 0 Å². The van der Waals surface area contributed by atoms with Gasteiger partial charge in [0.15, 0.2) is 0 Å². The average Bonchev–Trinajstić information content (AvgIpc) is 3.26. The molecule has 0 aromatic heterocycles. The van der Waals surface area contributed by atoms with Crippen LogP contribution in [-0.2, 0) is 49.1 Å². The zero-order valence-electron chi connectivity index (χ0n) is 22.5. The van der Waals surface area contributed by atoms with Gasteiger partial charge >= 0.3 is 11.9 Å². The van der Waals surface area contributed by atoms with Crippen molar-refractivity contribution in [2.75, 3.05) is 64.3 Å². The van der Waals surface area contributed by atoms with E-state index in [-0.39, 0.29) is 49.7 Å². The summed E-state index contributed by atoms with van der Waals surface area (Å²) in [5, 5.41) is 7.04. The SMILES string of the molecule is C[S+](C)CCOC(=O)COCC(=O)NCC(=O)NCC(=O)NCC(=O)OCC1c2ccccc2-c2ccccc21. The molecule has 3 amide bonds. The van der Waals surface area contributed by atoms with Crippen LogP contribution in [0.25, 0.3) is 11.1 Å². The van der Waals surface area contributed by atoms with Crippen molar-refractivity contribution in [3.05, 3.63) is 59.7 Å². The maximum absolute atomic E-state index is 12.2. The van der Waals surface area contributed by atoms with Crippen molar-refractivity contribution in [2.45, 2.75) is 5.92 Å². The van der Waals surface area contributed by atoms with E-state index in [0.29, 0.717) is 6.61 Å². The van der Waals surface area contributed by atoms with Gasteiger partial charge in [0.25, 0.3) is 0 Å². The molecule has 12 heteroatoms. The first-order chi connectivity index (χ1) is 19.2. The number of fused-ring (bicyclic) bond motifs is 3. The lowest BCUT2D eigenvalue weighted by atomic mass is 9.98.